The fourth-order valence-corrected chi connectivity index (χ4v) is 3.47. The summed E-state index contributed by atoms with van der Waals surface area (Å²) in [5, 5.41) is 3.10. The van der Waals surface area contributed by atoms with E-state index in [9.17, 15) is 17.6 Å². The van der Waals surface area contributed by atoms with Gasteiger partial charge >= 0.3 is 0 Å². The zero-order valence-electron chi connectivity index (χ0n) is 13.7. The molecule has 0 aliphatic rings. The predicted molar refractivity (Wildman–Crippen MR) is 94.2 cm³/mol. The minimum atomic E-state index is -3.85. The van der Waals surface area contributed by atoms with Crippen molar-refractivity contribution in [2.75, 3.05) is 0 Å². The van der Waals surface area contributed by atoms with Gasteiger partial charge in [-0.05, 0) is 55.8 Å². The first-order chi connectivity index (χ1) is 11.7. The number of hydrogen-bond donors (Lipinski definition) is 2. The third kappa shape index (κ3) is 5.26. The molecule has 5 nitrogen and oxygen atoms in total. The van der Waals surface area contributed by atoms with Crippen molar-refractivity contribution in [3.05, 3.63) is 64.9 Å². The second-order valence-electron chi connectivity index (χ2n) is 5.58. The number of carbonyl (C=O) groups excluding carboxylic acids is 1. The lowest BCUT2D eigenvalue weighted by Gasteiger charge is -2.19. The van der Waals surface area contributed by atoms with Crippen molar-refractivity contribution in [2.24, 2.45) is 0 Å². The number of sulfonamides is 1. The molecule has 0 spiro atoms. The van der Waals surface area contributed by atoms with E-state index in [4.69, 9.17) is 11.6 Å². The maximum Gasteiger partial charge on any atom is 0.241 e. The second-order valence-corrected chi connectivity index (χ2v) is 7.73. The van der Waals surface area contributed by atoms with Crippen LogP contribution in [0, 0.1) is 5.82 Å². The van der Waals surface area contributed by atoms with Crippen molar-refractivity contribution < 1.29 is 17.6 Å². The topological polar surface area (TPSA) is 75.3 Å². The molecule has 0 radical (unpaired) electrons. The number of rotatable bonds is 6. The number of nitrogens with one attached hydrogen (secondary N) is 2. The predicted octanol–water partition coefficient (Wildman–Crippen LogP) is 3.02. The average molecular weight is 385 g/mol. The Hall–Kier alpha value is -1.96. The summed E-state index contributed by atoms with van der Waals surface area (Å²) in [6.07, 6.45) is 0. The van der Waals surface area contributed by atoms with Crippen molar-refractivity contribution in [3.8, 4) is 0 Å². The quantitative estimate of drug-likeness (QED) is 0.803. The first kappa shape index (κ1) is 19.4. The monoisotopic (exact) mass is 384 g/mol. The van der Waals surface area contributed by atoms with Crippen molar-refractivity contribution in [1.82, 2.24) is 10.0 Å². The Kier molecular flexibility index (Phi) is 6.16. The molecule has 2 aromatic carbocycles. The SMILES string of the molecule is CC(NS(=O)(=O)c1ccc(Cl)cc1)C(=O)NC(C)c1ccc(F)cc1. The molecule has 0 aliphatic heterocycles. The molecule has 134 valence electrons. The van der Waals surface area contributed by atoms with Crippen LogP contribution in [0.25, 0.3) is 0 Å². The number of amides is 1. The standard InChI is InChI=1S/C17H18ClFN2O3S/c1-11(13-3-7-15(19)8-4-13)20-17(22)12(2)21-25(23,24)16-9-5-14(18)6-10-16/h3-12,21H,1-2H3,(H,20,22). The van der Waals surface area contributed by atoms with Crippen LogP contribution < -0.4 is 10.0 Å². The fourth-order valence-electron chi connectivity index (χ4n) is 2.14. The van der Waals surface area contributed by atoms with E-state index in [0.717, 1.165) is 0 Å². The third-order valence-electron chi connectivity index (χ3n) is 3.58. The Morgan fingerprint density at radius 1 is 1.04 bits per heavy atom. The number of benzene rings is 2. The maximum atomic E-state index is 12.9. The van der Waals surface area contributed by atoms with Gasteiger partial charge in [0.05, 0.1) is 17.0 Å². The lowest BCUT2D eigenvalue weighted by molar-refractivity contribution is -0.123. The van der Waals surface area contributed by atoms with Gasteiger partial charge in [-0.2, -0.15) is 4.72 Å². The van der Waals surface area contributed by atoms with Crippen molar-refractivity contribution in [3.63, 3.8) is 0 Å². The van der Waals surface area contributed by atoms with Gasteiger partial charge in [0, 0.05) is 5.02 Å². The van der Waals surface area contributed by atoms with Crippen LogP contribution in [0.4, 0.5) is 4.39 Å². The van der Waals surface area contributed by atoms with Crippen LogP contribution in [-0.2, 0) is 14.8 Å². The van der Waals surface area contributed by atoms with E-state index in [2.05, 4.69) is 10.0 Å². The molecule has 0 bridgehead atoms. The largest absolute Gasteiger partial charge is 0.348 e. The highest BCUT2D eigenvalue weighted by Crippen LogP contribution is 2.15. The zero-order chi connectivity index (χ0) is 18.6. The van der Waals surface area contributed by atoms with Crippen LogP contribution in [0.3, 0.4) is 0 Å². The highest BCUT2D eigenvalue weighted by molar-refractivity contribution is 7.89. The lowest BCUT2D eigenvalue weighted by atomic mass is 10.1. The van der Waals surface area contributed by atoms with Crippen molar-refractivity contribution >= 4 is 27.5 Å². The summed E-state index contributed by atoms with van der Waals surface area (Å²) in [4.78, 5) is 12.2. The van der Waals surface area contributed by atoms with Gasteiger partial charge in [0.25, 0.3) is 0 Å². The van der Waals surface area contributed by atoms with Crippen molar-refractivity contribution in [1.29, 1.82) is 0 Å². The molecule has 0 heterocycles. The molecule has 2 N–H and O–H groups in total. The highest BCUT2D eigenvalue weighted by atomic mass is 35.5. The molecule has 0 aromatic heterocycles. The van der Waals surface area contributed by atoms with Crippen LogP contribution in [0.5, 0.6) is 0 Å². The van der Waals surface area contributed by atoms with Crippen molar-refractivity contribution in [2.45, 2.75) is 30.8 Å². The van der Waals surface area contributed by atoms with Gasteiger partial charge in [0.1, 0.15) is 5.82 Å². The lowest BCUT2D eigenvalue weighted by Crippen LogP contribution is -2.45. The summed E-state index contributed by atoms with van der Waals surface area (Å²) in [7, 11) is -3.85. The molecule has 2 unspecified atom stereocenters. The number of hydrogen-bond acceptors (Lipinski definition) is 3. The maximum absolute atomic E-state index is 12.9. The summed E-state index contributed by atoms with van der Waals surface area (Å²) in [6, 6.07) is 9.96. The average Bonchev–Trinajstić information content (AvgIpc) is 2.55. The molecule has 0 fully saturated rings. The van der Waals surface area contributed by atoms with Gasteiger partial charge in [-0.3, -0.25) is 4.79 Å². The van der Waals surface area contributed by atoms with E-state index in [1.54, 1.807) is 19.1 Å². The Balaban J connectivity index is 2.01. The van der Waals surface area contributed by atoms with E-state index >= 15 is 0 Å². The van der Waals surface area contributed by atoms with E-state index in [0.29, 0.717) is 10.6 Å². The Morgan fingerprint density at radius 3 is 2.16 bits per heavy atom. The van der Waals surface area contributed by atoms with Gasteiger partial charge in [0.2, 0.25) is 15.9 Å². The van der Waals surface area contributed by atoms with Crippen LogP contribution in [0.15, 0.2) is 53.4 Å². The normalized spacial score (nSPS) is 13.9. The summed E-state index contributed by atoms with van der Waals surface area (Å²) < 4.78 is 39.8. The van der Waals surface area contributed by atoms with Gasteiger partial charge < -0.3 is 5.32 Å². The first-order valence-electron chi connectivity index (χ1n) is 7.53. The van der Waals surface area contributed by atoms with Gasteiger partial charge in [0.15, 0.2) is 0 Å². The summed E-state index contributed by atoms with van der Waals surface area (Å²) in [6.45, 7) is 3.17. The molecule has 0 saturated heterocycles. The molecular formula is C17H18ClFN2O3S. The zero-order valence-corrected chi connectivity index (χ0v) is 15.2. The van der Waals surface area contributed by atoms with Crippen LogP contribution >= 0.6 is 11.6 Å². The summed E-state index contributed by atoms with van der Waals surface area (Å²) in [5.41, 5.74) is 0.711. The molecule has 1 amide bonds. The summed E-state index contributed by atoms with van der Waals surface area (Å²) >= 11 is 5.74. The highest BCUT2D eigenvalue weighted by Gasteiger charge is 2.23. The minimum Gasteiger partial charge on any atom is -0.348 e. The van der Waals surface area contributed by atoms with Gasteiger partial charge in [-0.25, -0.2) is 12.8 Å². The summed E-state index contributed by atoms with van der Waals surface area (Å²) in [5.74, 6) is -0.860. The van der Waals surface area contributed by atoms with E-state index in [-0.39, 0.29) is 10.7 Å². The molecule has 8 heteroatoms. The number of carbonyl (C=O) groups is 1. The second kappa shape index (κ2) is 7.95. The molecule has 2 atom stereocenters. The first-order valence-corrected chi connectivity index (χ1v) is 9.39. The number of halogens is 2. The van der Waals surface area contributed by atoms with E-state index in [1.165, 1.54) is 43.3 Å². The Morgan fingerprint density at radius 2 is 1.60 bits per heavy atom. The minimum absolute atomic E-state index is 0.0168. The Bertz CT molecular complexity index is 839. The third-order valence-corrected chi connectivity index (χ3v) is 5.39. The molecule has 0 aliphatic carbocycles. The fraction of sp³-hybridized carbons (Fsp3) is 0.235. The van der Waals surface area contributed by atoms with Gasteiger partial charge in [-0.1, -0.05) is 23.7 Å². The Labute approximate surface area is 151 Å². The van der Waals surface area contributed by atoms with Crippen LogP contribution in [0.1, 0.15) is 25.5 Å². The molecule has 2 aromatic rings. The molecule has 0 saturated carbocycles. The smallest absolute Gasteiger partial charge is 0.241 e. The van der Waals surface area contributed by atoms with Crippen LogP contribution in [0.2, 0.25) is 5.02 Å². The van der Waals surface area contributed by atoms with E-state index < -0.39 is 28.0 Å². The molecule has 2 rings (SSSR count). The molecular weight excluding hydrogens is 367 g/mol. The molecule has 25 heavy (non-hydrogen) atoms. The van der Waals surface area contributed by atoms with E-state index in [1.807, 2.05) is 0 Å². The van der Waals surface area contributed by atoms with Crippen LogP contribution in [-0.4, -0.2) is 20.4 Å². The van der Waals surface area contributed by atoms with Gasteiger partial charge in [-0.15, -0.1) is 0 Å².